The lowest BCUT2D eigenvalue weighted by Gasteiger charge is -2.38. The van der Waals surface area contributed by atoms with E-state index in [0.29, 0.717) is 0 Å². The molecule has 0 amide bonds. The maximum Gasteiger partial charge on any atom is -0.0157 e. The molecule has 0 heteroatoms. The molecule has 2 saturated carbocycles. The van der Waals surface area contributed by atoms with E-state index in [2.05, 4.69) is 31.2 Å². The Labute approximate surface area is 105 Å². The van der Waals surface area contributed by atoms with E-state index < -0.39 is 0 Å². The number of hydrogen-bond acceptors (Lipinski definition) is 0. The van der Waals surface area contributed by atoms with E-state index in [4.69, 9.17) is 0 Å². The van der Waals surface area contributed by atoms with Crippen LogP contribution in [0.3, 0.4) is 0 Å². The third-order valence-corrected chi connectivity index (χ3v) is 5.15. The highest BCUT2D eigenvalue weighted by atomic mass is 14.4. The number of benzene rings is 1. The Hall–Kier alpha value is -0.780. The molecule has 0 N–H and O–H groups in total. The van der Waals surface area contributed by atoms with Crippen LogP contribution in [-0.2, 0) is 0 Å². The minimum absolute atomic E-state index is 0.744. The highest BCUT2D eigenvalue weighted by Gasteiger charge is 2.38. The summed E-state index contributed by atoms with van der Waals surface area (Å²) in [6.45, 7) is 2.18. The van der Waals surface area contributed by atoms with Gasteiger partial charge in [-0.2, -0.15) is 0 Å². The van der Waals surface area contributed by atoms with Crippen molar-refractivity contribution in [1.82, 2.24) is 0 Å². The van der Waals surface area contributed by atoms with Crippen LogP contribution in [0.25, 0.3) is 0 Å². The SMILES string of the molecule is Cc1ccc(C2CCCC3(CCCC3)C2)cc1. The van der Waals surface area contributed by atoms with Gasteiger partial charge in [0.2, 0.25) is 0 Å². The Morgan fingerprint density at radius 1 is 0.941 bits per heavy atom. The molecule has 1 unspecified atom stereocenters. The van der Waals surface area contributed by atoms with Crippen LogP contribution in [0.5, 0.6) is 0 Å². The standard InChI is InChI=1S/C17H24/c1-14-6-8-15(9-7-14)16-5-4-12-17(13-16)10-2-3-11-17/h6-9,16H,2-5,10-13H2,1H3. The fraction of sp³-hybridized carbons (Fsp3) is 0.647. The molecule has 1 aromatic rings. The van der Waals surface area contributed by atoms with Gasteiger partial charge in [-0.05, 0) is 55.9 Å². The quantitative estimate of drug-likeness (QED) is 0.618. The third kappa shape index (κ3) is 2.27. The fourth-order valence-corrected chi connectivity index (χ4v) is 4.15. The molecule has 0 nitrogen and oxygen atoms in total. The summed E-state index contributed by atoms with van der Waals surface area (Å²) in [7, 11) is 0. The molecule has 0 aromatic heterocycles. The minimum Gasteiger partial charge on any atom is -0.0590 e. The smallest absolute Gasteiger partial charge is 0.0157 e. The van der Waals surface area contributed by atoms with Crippen molar-refractivity contribution < 1.29 is 0 Å². The lowest BCUT2D eigenvalue weighted by atomic mass is 9.67. The van der Waals surface area contributed by atoms with Gasteiger partial charge in [-0.1, -0.05) is 49.1 Å². The highest BCUT2D eigenvalue weighted by molar-refractivity contribution is 5.25. The van der Waals surface area contributed by atoms with Crippen molar-refractivity contribution in [3.8, 4) is 0 Å². The first-order chi connectivity index (χ1) is 8.27. The Morgan fingerprint density at radius 3 is 2.29 bits per heavy atom. The molecule has 0 bridgehead atoms. The van der Waals surface area contributed by atoms with Crippen LogP contribution < -0.4 is 0 Å². The number of aryl methyl sites for hydroxylation is 1. The van der Waals surface area contributed by atoms with Crippen LogP contribution in [-0.4, -0.2) is 0 Å². The van der Waals surface area contributed by atoms with Gasteiger partial charge >= 0.3 is 0 Å². The van der Waals surface area contributed by atoms with Crippen LogP contribution >= 0.6 is 0 Å². The van der Waals surface area contributed by atoms with Crippen LogP contribution in [0.15, 0.2) is 24.3 Å². The Kier molecular flexibility index (Phi) is 2.98. The molecule has 0 saturated heterocycles. The summed E-state index contributed by atoms with van der Waals surface area (Å²) in [5, 5.41) is 0. The second-order valence-corrected chi connectivity index (χ2v) is 6.41. The fourth-order valence-electron chi connectivity index (χ4n) is 4.15. The summed E-state index contributed by atoms with van der Waals surface area (Å²) in [4.78, 5) is 0. The second-order valence-electron chi connectivity index (χ2n) is 6.41. The molecule has 17 heavy (non-hydrogen) atoms. The van der Waals surface area contributed by atoms with Gasteiger partial charge in [0.25, 0.3) is 0 Å². The van der Waals surface area contributed by atoms with E-state index in [9.17, 15) is 0 Å². The maximum absolute atomic E-state index is 2.37. The molecule has 92 valence electrons. The molecule has 0 radical (unpaired) electrons. The van der Waals surface area contributed by atoms with Crippen molar-refractivity contribution in [1.29, 1.82) is 0 Å². The average molecular weight is 228 g/mol. The van der Waals surface area contributed by atoms with Crippen molar-refractivity contribution in [3.05, 3.63) is 35.4 Å². The molecule has 1 spiro atoms. The molecular weight excluding hydrogens is 204 g/mol. The van der Waals surface area contributed by atoms with Gasteiger partial charge < -0.3 is 0 Å². The van der Waals surface area contributed by atoms with Crippen molar-refractivity contribution in [2.45, 2.75) is 64.2 Å². The van der Waals surface area contributed by atoms with Gasteiger partial charge in [0, 0.05) is 0 Å². The first-order valence-electron chi connectivity index (χ1n) is 7.34. The molecule has 0 heterocycles. The summed E-state index contributed by atoms with van der Waals surface area (Å²) < 4.78 is 0. The van der Waals surface area contributed by atoms with Gasteiger partial charge in [-0.25, -0.2) is 0 Å². The van der Waals surface area contributed by atoms with Crippen molar-refractivity contribution >= 4 is 0 Å². The van der Waals surface area contributed by atoms with E-state index in [0.717, 1.165) is 11.3 Å². The van der Waals surface area contributed by atoms with Crippen molar-refractivity contribution in [2.75, 3.05) is 0 Å². The predicted molar refractivity (Wildman–Crippen MR) is 73.3 cm³/mol. The lowest BCUT2D eigenvalue weighted by molar-refractivity contribution is 0.176. The number of hydrogen-bond donors (Lipinski definition) is 0. The summed E-state index contributed by atoms with van der Waals surface area (Å²) in [5.41, 5.74) is 3.73. The van der Waals surface area contributed by atoms with Gasteiger partial charge in [-0.3, -0.25) is 0 Å². The first kappa shape index (κ1) is 11.3. The van der Waals surface area contributed by atoms with E-state index >= 15 is 0 Å². The zero-order valence-electron chi connectivity index (χ0n) is 11.0. The number of rotatable bonds is 1. The lowest BCUT2D eigenvalue weighted by Crippen LogP contribution is -2.24. The van der Waals surface area contributed by atoms with Gasteiger partial charge in [-0.15, -0.1) is 0 Å². The first-order valence-corrected chi connectivity index (χ1v) is 7.34. The van der Waals surface area contributed by atoms with Crippen molar-refractivity contribution in [3.63, 3.8) is 0 Å². The molecule has 1 aromatic carbocycles. The molecule has 2 aliphatic carbocycles. The van der Waals surface area contributed by atoms with Crippen molar-refractivity contribution in [2.24, 2.45) is 5.41 Å². The minimum atomic E-state index is 0.744. The summed E-state index contributed by atoms with van der Waals surface area (Å²) in [6.07, 6.45) is 11.8. The highest BCUT2D eigenvalue weighted by Crippen LogP contribution is 2.52. The van der Waals surface area contributed by atoms with E-state index in [1.807, 2.05) is 0 Å². The van der Waals surface area contributed by atoms with Gasteiger partial charge in [0.15, 0.2) is 0 Å². The third-order valence-electron chi connectivity index (χ3n) is 5.15. The zero-order valence-corrected chi connectivity index (χ0v) is 11.0. The largest absolute Gasteiger partial charge is 0.0590 e. The topological polar surface area (TPSA) is 0 Å². The van der Waals surface area contributed by atoms with Crippen LogP contribution in [0.1, 0.15) is 68.4 Å². The normalized spacial score (nSPS) is 27.5. The Morgan fingerprint density at radius 2 is 1.59 bits per heavy atom. The second kappa shape index (κ2) is 4.48. The maximum atomic E-state index is 2.37. The van der Waals surface area contributed by atoms with Gasteiger partial charge in [0.1, 0.15) is 0 Å². The molecule has 0 aliphatic heterocycles. The molecule has 2 fully saturated rings. The van der Waals surface area contributed by atoms with Crippen LogP contribution in [0.2, 0.25) is 0 Å². The summed E-state index contributed by atoms with van der Waals surface area (Å²) in [5.74, 6) is 0.849. The predicted octanol–water partition coefficient (Wildman–Crippen LogP) is 5.21. The Balaban J connectivity index is 1.77. The summed E-state index contributed by atoms with van der Waals surface area (Å²) >= 11 is 0. The van der Waals surface area contributed by atoms with E-state index in [-0.39, 0.29) is 0 Å². The van der Waals surface area contributed by atoms with Gasteiger partial charge in [0.05, 0.1) is 0 Å². The van der Waals surface area contributed by atoms with E-state index in [1.165, 1.54) is 56.9 Å². The van der Waals surface area contributed by atoms with Crippen LogP contribution in [0, 0.1) is 12.3 Å². The van der Waals surface area contributed by atoms with Crippen LogP contribution in [0.4, 0.5) is 0 Å². The Bertz CT molecular complexity index is 368. The summed E-state index contributed by atoms with van der Waals surface area (Å²) in [6, 6.07) is 9.30. The van der Waals surface area contributed by atoms with E-state index in [1.54, 1.807) is 5.56 Å². The molecule has 2 aliphatic rings. The zero-order chi connectivity index (χ0) is 11.7. The molecular formula is C17H24. The average Bonchev–Trinajstić information content (AvgIpc) is 2.78. The molecule has 3 rings (SSSR count). The monoisotopic (exact) mass is 228 g/mol. The molecule has 1 atom stereocenters.